The summed E-state index contributed by atoms with van der Waals surface area (Å²) >= 11 is 0. The third-order valence-corrected chi connectivity index (χ3v) is 4.83. The van der Waals surface area contributed by atoms with Crippen molar-refractivity contribution >= 4 is 0 Å². The van der Waals surface area contributed by atoms with E-state index in [2.05, 4.69) is 19.2 Å². The summed E-state index contributed by atoms with van der Waals surface area (Å²) in [6, 6.07) is 1.46. The molecule has 0 bridgehead atoms. The Bertz CT molecular complexity index is 213. The van der Waals surface area contributed by atoms with E-state index in [1.807, 2.05) is 0 Å². The molecule has 2 fully saturated rings. The molecule has 2 rings (SSSR count). The van der Waals surface area contributed by atoms with Gasteiger partial charge in [-0.2, -0.15) is 0 Å². The van der Waals surface area contributed by atoms with Crippen LogP contribution >= 0.6 is 0 Å². The average molecular weight is 239 g/mol. The molecule has 1 saturated heterocycles. The van der Waals surface area contributed by atoms with E-state index in [0.29, 0.717) is 6.04 Å². The molecule has 0 spiro atoms. The zero-order chi connectivity index (χ0) is 12.1. The van der Waals surface area contributed by atoms with Crippen molar-refractivity contribution in [1.82, 2.24) is 5.32 Å². The van der Waals surface area contributed by atoms with Crippen molar-refractivity contribution in [1.29, 1.82) is 0 Å². The molecule has 100 valence electrons. The van der Waals surface area contributed by atoms with E-state index in [9.17, 15) is 0 Å². The summed E-state index contributed by atoms with van der Waals surface area (Å²) in [5.74, 6) is 1.81. The van der Waals surface area contributed by atoms with Crippen LogP contribution < -0.4 is 5.32 Å². The van der Waals surface area contributed by atoms with Crippen molar-refractivity contribution in [2.75, 3.05) is 13.2 Å². The minimum Gasteiger partial charge on any atom is -0.381 e. The van der Waals surface area contributed by atoms with Crippen LogP contribution in [0.5, 0.6) is 0 Å². The summed E-state index contributed by atoms with van der Waals surface area (Å²) in [5.41, 5.74) is 0. The molecule has 1 aliphatic heterocycles. The summed E-state index contributed by atoms with van der Waals surface area (Å²) in [4.78, 5) is 0. The van der Waals surface area contributed by atoms with Gasteiger partial charge in [0.25, 0.3) is 0 Å². The van der Waals surface area contributed by atoms with Crippen molar-refractivity contribution in [3.8, 4) is 0 Å². The van der Waals surface area contributed by atoms with Gasteiger partial charge < -0.3 is 10.1 Å². The van der Waals surface area contributed by atoms with Gasteiger partial charge in [-0.25, -0.2) is 0 Å². The highest BCUT2D eigenvalue weighted by molar-refractivity contribution is 4.83. The van der Waals surface area contributed by atoms with E-state index >= 15 is 0 Å². The predicted molar refractivity (Wildman–Crippen MR) is 72.2 cm³/mol. The van der Waals surface area contributed by atoms with Crippen molar-refractivity contribution in [3.05, 3.63) is 0 Å². The Hall–Kier alpha value is -0.0800. The largest absolute Gasteiger partial charge is 0.381 e. The lowest BCUT2D eigenvalue weighted by Crippen LogP contribution is -2.44. The second-order valence-electron chi connectivity index (χ2n) is 6.04. The van der Waals surface area contributed by atoms with Gasteiger partial charge in [-0.1, -0.05) is 26.2 Å². The van der Waals surface area contributed by atoms with Crippen LogP contribution in [-0.2, 0) is 4.74 Å². The normalized spacial score (nSPS) is 33.5. The summed E-state index contributed by atoms with van der Waals surface area (Å²) in [6.07, 6.45) is 9.55. The fraction of sp³-hybridized carbons (Fsp3) is 1.00. The van der Waals surface area contributed by atoms with Crippen LogP contribution in [-0.4, -0.2) is 25.3 Å². The summed E-state index contributed by atoms with van der Waals surface area (Å²) in [7, 11) is 0. The van der Waals surface area contributed by atoms with Gasteiger partial charge in [0.1, 0.15) is 0 Å². The number of ether oxygens (including phenoxy) is 1. The molecule has 2 heteroatoms. The molecular formula is C15H29NO. The highest BCUT2D eigenvalue weighted by Gasteiger charge is 2.25. The maximum absolute atomic E-state index is 5.45. The lowest BCUT2D eigenvalue weighted by Gasteiger charge is -2.35. The molecule has 2 aliphatic rings. The van der Waals surface area contributed by atoms with E-state index in [1.165, 1.54) is 44.9 Å². The van der Waals surface area contributed by atoms with Crippen LogP contribution in [0.4, 0.5) is 0 Å². The maximum Gasteiger partial charge on any atom is 0.0469 e. The second kappa shape index (κ2) is 6.75. The van der Waals surface area contributed by atoms with Crippen LogP contribution in [0.25, 0.3) is 0 Å². The Morgan fingerprint density at radius 1 is 1.18 bits per heavy atom. The molecule has 0 aromatic rings. The Kier molecular flexibility index (Phi) is 5.30. The number of rotatable bonds is 4. The highest BCUT2D eigenvalue weighted by Crippen LogP contribution is 2.28. The number of hydrogen-bond acceptors (Lipinski definition) is 2. The average Bonchev–Trinajstić information content (AvgIpc) is 2.40. The Labute approximate surface area is 107 Å². The lowest BCUT2D eigenvalue weighted by atomic mass is 9.83. The summed E-state index contributed by atoms with van der Waals surface area (Å²) in [5, 5.41) is 3.90. The Balaban J connectivity index is 1.74. The zero-order valence-corrected chi connectivity index (χ0v) is 11.6. The molecule has 17 heavy (non-hydrogen) atoms. The first kappa shape index (κ1) is 13.4. The van der Waals surface area contributed by atoms with Crippen LogP contribution in [0.15, 0.2) is 0 Å². The third-order valence-electron chi connectivity index (χ3n) is 4.83. The minimum absolute atomic E-state index is 0.680. The van der Waals surface area contributed by atoms with Crippen LogP contribution in [0.3, 0.4) is 0 Å². The first-order valence-corrected chi connectivity index (χ1v) is 7.63. The van der Waals surface area contributed by atoms with Gasteiger partial charge >= 0.3 is 0 Å². The second-order valence-corrected chi connectivity index (χ2v) is 6.04. The fourth-order valence-corrected chi connectivity index (χ4v) is 3.54. The standard InChI is InChI=1S/C15H29NO/c1-3-13-5-4-6-15(11-13)16-12(2)14-7-9-17-10-8-14/h12-16H,3-11H2,1-2H3. The first-order chi connectivity index (χ1) is 8.29. The SMILES string of the molecule is CCC1CCCC(NC(C)C2CCOCC2)C1. The summed E-state index contributed by atoms with van der Waals surface area (Å²) in [6.45, 7) is 6.67. The Morgan fingerprint density at radius 2 is 1.94 bits per heavy atom. The van der Waals surface area contributed by atoms with Crippen molar-refractivity contribution < 1.29 is 4.74 Å². The van der Waals surface area contributed by atoms with Crippen LogP contribution in [0, 0.1) is 11.8 Å². The number of nitrogens with one attached hydrogen (secondary N) is 1. The van der Waals surface area contributed by atoms with Crippen molar-refractivity contribution in [2.45, 2.75) is 70.9 Å². The van der Waals surface area contributed by atoms with Gasteiger partial charge in [0.15, 0.2) is 0 Å². The van der Waals surface area contributed by atoms with E-state index < -0.39 is 0 Å². The molecule has 1 N–H and O–H groups in total. The van der Waals surface area contributed by atoms with E-state index in [0.717, 1.165) is 31.1 Å². The lowest BCUT2D eigenvalue weighted by molar-refractivity contribution is 0.0529. The molecule has 2 nitrogen and oxygen atoms in total. The van der Waals surface area contributed by atoms with E-state index in [4.69, 9.17) is 4.74 Å². The van der Waals surface area contributed by atoms with E-state index in [1.54, 1.807) is 0 Å². The van der Waals surface area contributed by atoms with Gasteiger partial charge in [0, 0.05) is 25.3 Å². The van der Waals surface area contributed by atoms with Crippen molar-refractivity contribution in [2.24, 2.45) is 11.8 Å². The highest BCUT2D eigenvalue weighted by atomic mass is 16.5. The molecule has 0 aromatic carbocycles. The van der Waals surface area contributed by atoms with Gasteiger partial charge in [0.05, 0.1) is 0 Å². The topological polar surface area (TPSA) is 21.3 Å². The Morgan fingerprint density at radius 3 is 2.65 bits per heavy atom. The van der Waals surface area contributed by atoms with Gasteiger partial charge in [-0.3, -0.25) is 0 Å². The van der Waals surface area contributed by atoms with Crippen LogP contribution in [0.2, 0.25) is 0 Å². The predicted octanol–water partition coefficient (Wildman–Crippen LogP) is 3.36. The van der Waals surface area contributed by atoms with Crippen molar-refractivity contribution in [3.63, 3.8) is 0 Å². The molecule has 3 atom stereocenters. The minimum atomic E-state index is 0.680. The fourth-order valence-electron chi connectivity index (χ4n) is 3.54. The quantitative estimate of drug-likeness (QED) is 0.812. The van der Waals surface area contributed by atoms with Gasteiger partial charge in [-0.15, -0.1) is 0 Å². The monoisotopic (exact) mass is 239 g/mol. The molecule has 0 radical (unpaired) electrons. The van der Waals surface area contributed by atoms with Crippen LogP contribution in [0.1, 0.15) is 58.8 Å². The third kappa shape index (κ3) is 3.96. The number of hydrogen-bond donors (Lipinski definition) is 1. The molecule has 1 aliphatic carbocycles. The van der Waals surface area contributed by atoms with Gasteiger partial charge in [0.2, 0.25) is 0 Å². The molecule has 1 saturated carbocycles. The molecule has 3 unspecified atom stereocenters. The molecule has 0 aromatic heterocycles. The van der Waals surface area contributed by atoms with E-state index in [-0.39, 0.29) is 0 Å². The molecule has 1 heterocycles. The smallest absolute Gasteiger partial charge is 0.0469 e. The van der Waals surface area contributed by atoms with Gasteiger partial charge in [-0.05, 0) is 44.4 Å². The molecular weight excluding hydrogens is 210 g/mol. The first-order valence-electron chi connectivity index (χ1n) is 7.63. The zero-order valence-electron chi connectivity index (χ0n) is 11.6. The molecule has 0 amide bonds. The maximum atomic E-state index is 5.45. The summed E-state index contributed by atoms with van der Waals surface area (Å²) < 4.78 is 5.45.